The van der Waals surface area contributed by atoms with Crippen molar-refractivity contribution >= 4 is 0 Å². The van der Waals surface area contributed by atoms with Gasteiger partial charge in [0.05, 0.1) is 13.2 Å². The summed E-state index contributed by atoms with van der Waals surface area (Å²) in [4.78, 5) is 0. The summed E-state index contributed by atoms with van der Waals surface area (Å²) in [7, 11) is 0. The lowest BCUT2D eigenvalue weighted by Gasteiger charge is -2.22. The van der Waals surface area contributed by atoms with Crippen molar-refractivity contribution < 1.29 is 14.2 Å². The number of hydrogen-bond acceptors (Lipinski definition) is 3. The van der Waals surface area contributed by atoms with Crippen LogP contribution in [0, 0.1) is 0 Å². The Morgan fingerprint density at radius 3 is 2.82 bits per heavy atom. The Hall–Kier alpha value is -0.120. The van der Waals surface area contributed by atoms with Crippen molar-refractivity contribution in [2.45, 2.75) is 31.7 Å². The summed E-state index contributed by atoms with van der Waals surface area (Å²) in [5, 5.41) is 0. The molecule has 11 heavy (non-hydrogen) atoms. The lowest BCUT2D eigenvalue weighted by molar-refractivity contribution is -0.164. The van der Waals surface area contributed by atoms with Crippen molar-refractivity contribution in [1.29, 1.82) is 0 Å². The second kappa shape index (κ2) is 3.52. The minimum Gasteiger partial charge on any atom is -0.371 e. The molecule has 0 aromatic rings. The predicted molar refractivity (Wildman–Crippen MR) is 39.3 cm³/mol. The van der Waals surface area contributed by atoms with Crippen molar-refractivity contribution in [2.75, 3.05) is 19.8 Å². The highest BCUT2D eigenvalue weighted by Crippen LogP contribution is 2.16. The van der Waals surface area contributed by atoms with E-state index in [9.17, 15) is 0 Å². The fourth-order valence-electron chi connectivity index (χ4n) is 1.22. The van der Waals surface area contributed by atoms with E-state index in [1.807, 2.05) is 0 Å². The first kappa shape index (κ1) is 7.53. The molecule has 1 unspecified atom stereocenters. The third kappa shape index (κ3) is 2.43. The third-order valence-corrected chi connectivity index (χ3v) is 2.01. The van der Waals surface area contributed by atoms with E-state index < -0.39 is 0 Å². The first-order valence-corrected chi connectivity index (χ1v) is 4.30. The van der Waals surface area contributed by atoms with Gasteiger partial charge in [-0.15, -0.1) is 0 Å². The molecule has 2 rings (SSSR count). The maximum absolute atomic E-state index is 5.46. The molecule has 0 radical (unpaired) electrons. The van der Waals surface area contributed by atoms with E-state index in [1.54, 1.807) is 0 Å². The summed E-state index contributed by atoms with van der Waals surface area (Å²) < 4.78 is 15.9. The molecule has 0 bridgehead atoms. The van der Waals surface area contributed by atoms with E-state index in [0.29, 0.717) is 12.7 Å². The fraction of sp³-hybridized carbons (Fsp3) is 1.00. The van der Waals surface area contributed by atoms with Gasteiger partial charge in [0.1, 0.15) is 6.10 Å². The highest BCUT2D eigenvalue weighted by atomic mass is 16.7. The Morgan fingerprint density at radius 1 is 1.27 bits per heavy atom. The van der Waals surface area contributed by atoms with Gasteiger partial charge in [-0.05, 0) is 19.3 Å². The molecular formula is C8H14O3. The molecule has 2 aliphatic rings. The summed E-state index contributed by atoms with van der Waals surface area (Å²) in [6, 6.07) is 0. The zero-order valence-corrected chi connectivity index (χ0v) is 6.62. The molecule has 2 atom stereocenters. The smallest absolute Gasteiger partial charge is 0.157 e. The van der Waals surface area contributed by atoms with Crippen LogP contribution in [0.2, 0.25) is 0 Å². The summed E-state index contributed by atoms with van der Waals surface area (Å²) in [5.41, 5.74) is 0. The van der Waals surface area contributed by atoms with E-state index in [-0.39, 0.29) is 6.29 Å². The molecule has 64 valence electrons. The Labute approximate surface area is 66.6 Å². The lowest BCUT2D eigenvalue weighted by Crippen LogP contribution is -2.23. The van der Waals surface area contributed by atoms with Crippen LogP contribution in [0.15, 0.2) is 0 Å². The minimum absolute atomic E-state index is 0.0490. The quantitative estimate of drug-likeness (QED) is 0.572. The number of ether oxygens (including phenoxy) is 3. The Kier molecular flexibility index (Phi) is 2.41. The van der Waals surface area contributed by atoms with E-state index in [4.69, 9.17) is 14.2 Å². The Balaban J connectivity index is 1.59. The van der Waals surface area contributed by atoms with Crippen molar-refractivity contribution in [1.82, 2.24) is 0 Å². The SMILES string of the molecule is C1CCC(OC[C@@H]2CO2)OC1. The van der Waals surface area contributed by atoms with E-state index in [2.05, 4.69) is 0 Å². The average molecular weight is 158 g/mol. The summed E-state index contributed by atoms with van der Waals surface area (Å²) in [6.45, 7) is 2.44. The largest absolute Gasteiger partial charge is 0.371 e. The monoisotopic (exact) mass is 158 g/mol. The zero-order valence-electron chi connectivity index (χ0n) is 6.62. The normalized spacial score (nSPS) is 37.1. The Morgan fingerprint density at radius 2 is 2.18 bits per heavy atom. The molecule has 0 aromatic heterocycles. The van der Waals surface area contributed by atoms with Crippen LogP contribution >= 0.6 is 0 Å². The van der Waals surface area contributed by atoms with Gasteiger partial charge in [-0.3, -0.25) is 0 Å². The topological polar surface area (TPSA) is 31.0 Å². The molecule has 0 saturated carbocycles. The van der Waals surface area contributed by atoms with Gasteiger partial charge in [0.15, 0.2) is 6.29 Å². The van der Waals surface area contributed by atoms with Gasteiger partial charge in [0.25, 0.3) is 0 Å². The molecule has 3 heteroatoms. The molecule has 2 heterocycles. The van der Waals surface area contributed by atoms with Gasteiger partial charge < -0.3 is 14.2 Å². The van der Waals surface area contributed by atoms with Crippen LogP contribution in [0.25, 0.3) is 0 Å². The summed E-state index contributed by atoms with van der Waals surface area (Å²) in [5.74, 6) is 0. The molecule has 0 N–H and O–H groups in total. The molecule has 2 saturated heterocycles. The molecule has 0 amide bonds. The molecule has 2 fully saturated rings. The molecule has 2 aliphatic heterocycles. The van der Waals surface area contributed by atoms with Crippen molar-refractivity contribution in [3.63, 3.8) is 0 Å². The van der Waals surface area contributed by atoms with Gasteiger partial charge in [-0.25, -0.2) is 0 Å². The van der Waals surface area contributed by atoms with Crippen LogP contribution in [0.1, 0.15) is 19.3 Å². The highest BCUT2D eigenvalue weighted by Gasteiger charge is 2.25. The molecular weight excluding hydrogens is 144 g/mol. The second-order valence-corrected chi connectivity index (χ2v) is 3.08. The van der Waals surface area contributed by atoms with E-state index in [1.165, 1.54) is 12.8 Å². The average Bonchev–Trinajstić information content (AvgIpc) is 2.86. The van der Waals surface area contributed by atoms with Crippen LogP contribution in [-0.4, -0.2) is 32.2 Å². The molecule has 0 aliphatic carbocycles. The fourth-order valence-corrected chi connectivity index (χ4v) is 1.22. The third-order valence-electron chi connectivity index (χ3n) is 2.01. The zero-order chi connectivity index (χ0) is 7.52. The van der Waals surface area contributed by atoms with Gasteiger partial charge in [0.2, 0.25) is 0 Å². The van der Waals surface area contributed by atoms with Crippen LogP contribution in [-0.2, 0) is 14.2 Å². The first-order chi connectivity index (χ1) is 5.45. The maximum Gasteiger partial charge on any atom is 0.157 e. The summed E-state index contributed by atoms with van der Waals surface area (Å²) >= 11 is 0. The van der Waals surface area contributed by atoms with Crippen molar-refractivity contribution in [3.05, 3.63) is 0 Å². The van der Waals surface area contributed by atoms with E-state index >= 15 is 0 Å². The summed E-state index contributed by atoms with van der Waals surface area (Å²) in [6.07, 6.45) is 3.87. The van der Waals surface area contributed by atoms with Gasteiger partial charge in [-0.2, -0.15) is 0 Å². The van der Waals surface area contributed by atoms with Crippen LogP contribution in [0.4, 0.5) is 0 Å². The van der Waals surface area contributed by atoms with Crippen LogP contribution in [0.5, 0.6) is 0 Å². The molecule has 0 aromatic carbocycles. The standard InChI is InChI=1S/C8H14O3/c1-2-4-9-8(3-1)11-6-7-5-10-7/h7-8H,1-6H2/t7-,8?/m0/s1. The van der Waals surface area contributed by atoms with Gasteiger partial charge in [-0.1, -0.05) is 0 Å². The van der Waals surface area contributed by atoms with Gasteiger partial charge >= 0.3 is 0 Å². The van der Waals surface area contributed by atoms with Gasteiger partial charge in [0, 0.05) is 6.61 Å². The predicted octanol–water partition coefficient (Wildman–Crippen LogP) is 0.928. The minimum atomic E-state index is 0.0490. The number of epoxide rings is 1. The van der Waals surface area contributed by atoms with Crippen molar-refractivity contribution in [3.8, 4) is 0 Å². The highest BCUT2D eigenvalue weighted by molar-refractivity contribution is 4.68. The second-order valence-electron chi connectivity index (χ2n) is 3.08. The molecule has 3 nitrogen and oxygen atoms in total. The number of hydrogen-bond donors (Lipinski definition) is 0. The molecule has 0 spiro atoms. The Bertz CT molecular complexity index is 117. The van der Waals surface area contributed by atoms with Crippen LogP contribution in [0.3, 0.4) is 0 Å². The maximum atomic E-state index is 5.46. The first-order valence-electron chi connectivity index (χ1n) is 4.30. The van der Waals surface area contributed by atoms with Crippen molar-refractivity contribution in [2.24, 2.45) is 0 Å². The van der Waals surface area contributed by atoms with Crippen LogP contribution < -0.4 is 0 Å². The number of rotatable bonds is 3. The van der Waals surface area contributed by atoms with E-state index in [0.717, 1.165) is 19.6 Å². The lowest BCUT2D eigenvalue weighted by atomic mass is 10.2.